The molecule has 0 spiro atoms. The fraction of sp³-hybridized carbons (Fsp3) is 0.273. The molecule has 36 heavy (non-hydrogen) atoms. The monoisotopic (exact) mass is 562 g/mol. The van der Waals surface area contributed by atoms with Gasteiger partial charge < -0.3 is 11.5 Å². The van der Waals surface area contributed by atoms with Gasteiger partial charge in [-0.05, 0) is 30.2 Å². The van der Waals surface area contributed by atoms with Crippen LogP contribution in [0.2, 0.25) is 0 Å². The Balaban J connectivity index is -0.000000194. The van der Waals surface area contributed by atoms with Gasteiger partial charge in [-0.2, -0.15) is 36.4 Å². The van der Waals surface area contributed by atoms with E-state index in [1.807, 2.05) is 159 Å². The van der Waals surface area contributed by atoms with Gasteiger partial charge in [0.05, 0.1) is 0 Å². The SMILES string of the molecule is CC.CC.CC.CC.Cc1ccccc1N.Nc1ccccc1-c1ccccc1.[Y].[c-]1ccccc1. The van der Waals surface area contributed by atoms with Gasteiger partial charge in [-0.3, -0.25) is 0 Å². The van der Waals surface area contributed by atoms with Crippen molar-refractivity contribution in [2.24, 2.45) is 0 Å². The second-order valence-electron chi connectivity index (χ2n) is 5.89. The third kappa shape index (κ3) is 20.9. The summed E-state index contributed by atoms with van der Waals surface area (Å²) in [5.74, 6) is 0. The van der Waals surface area contributed by atoms with E-state index in [2.05, 4.69) is 18.2 Å². The Bertz CT molecular complexity index is 863. The van der Waals surface area contributed by atoms with E-state index in [0.29, 0.717) is 0 Å². The van der Waals surface area contributed by atoms with E-state index >= 15 is 0 Å². The molecule has 0 atom stereocenters. The summed E-state index contributed by atoms with van der Waals surface area (Å²) in [6, 6.07) is 38.4. The Morgan fingerprint density at radius 1 is 0.472 bits per heavy atom. The van der Waals surface area contributed by atoms with Gasteiger partial charge in [0.2, 0.25) is 0 Å². The third-order valence-corrected chi connectivity index (χ3v) is 3.84. The molecule has 3 heteroatoms. The molecule has 4 aromatic rings. The minimum Gasteiger partial charge on any atom is -0.399 e. The van der Waals surface area contributed by atoms with E-state index < -0.39 is 0 Å². The van der Waals surface area contributed by atoms with E-state index in [-0.39, 0.29) is 32.7 Å². The van der Waals surface area contributed by atoms with Crippen LogP contribution in [-0.2, 0) is 32.7 Å². The zero-order chi connectivity index (χ0) is 27.3. The summed E-state index contributed by atoms with van der Waals surface area (Å²) in [5.41, 5.74) is 16.5. The number of nitrogens with two attached hydrogens (primary N) is 2. The van der Waals surface area contributed by atoms with Crippen LogP contribution in [0.25, 0.3) is 11.1 Å². The standard InChI is InChI=1S/C12H11N.C7H9N.C6H5.4C2H6.Y/c13-12-9-5-4-8-11(12)10-6-2-1-3-7-10;1-6-4-2-3-5-7(6)8;1-2-4-6-5-3-1;4*1-2;/h1-9H,13H2;2-5H,8H2,1H3;1-5H;4*1-2H3;/q;;-1;;;;;. The number of rotatable bonds is 1. The van der Waals surface area contributed by atoms with E-state index in [0.717, 1.165) is 22.5 Å². The van der Waals surface area contributed by atoms with Gasteiger partial charge in [0.15, 0.2) is 0 Å². The van der Waals surface area contributed by atoms with Crippen molar-refractivity contribution >= 4 is 11.4 Å². The average molecular weight is 563 g/mol. The largest absolute Gasteiger partial charge is 0.399 e. The van der Waals surface area contributed by atoms with Crippen LogP contribution in [0.1, 0.15) is 61.0 Å². The second-order valence-corrected chi connectivity index (χ2v) is 5.89. The van der Waals surface area contributed by atoms with E-state index in [4.69, 9.17) is 11.5 Å². The molecule has 0 bridgehead atoms. The molecule has 0 aromatic heterocycles. The molecule has 0 heterocycles. The molecular weight excluding hydrogens is 513 g/mol. The van der Waals surface area contributed by atoms with Gasteiger partial charge in [-0.25, -0.2) is 0 Å². The molecule has 1 radical (unpaired) electrons. The number of hydrogen-bond acceptors (Lipinski definition) is 2. The molecule has 0 aliphatic rings. The van der Waals surface area contributed by atoms with Crippen LogP contribution in [0.4, 0.5) is 11.4 Å². The normalized spacial score (nSPS) is 7.58. The van der Waals surface area contributed by atoms with Crippen molar-refractivity contribution in [1.82, 2.24) is 0 Å². The molecule has 4 aromatic carbocycles. The van der Waals surface area contributed by atoms with Crippen LogP contribution in [0.15, 0.2) is 109 Å². The van der Waals surface area contributed by atoms with Crippen molar-refractivity contribution in [3.05, 3.63) is 121 Å². The maximum Gasteiger partial charge on any atom is 0.0393 e. The van der Waals surface area contributed by atoms with Gasteiger partial charge in [0.25, 0.3) is 0 Å². The van der Waals surface area contributed by atoms with Crippen LogP contribution >= 0.6 is 0 Å². The Labute approximate surface area is 248 Å². The Morgan fingerprint density at radius 3 is 1.19 bits per heavy atom. The minimum atomic E-state index is 0. The average Bonchev–Trinajstić information content (AvgIpc) is 2.97. The minimum absolute atomic E-state index is 0. The second kappa shape index (κ2) is 32.6. The van der Waals surface area contributed by atoms with Gasteiger partial charge in [0.1, 0.15) is 0 Å². The van der Waals surface area contributed by atoms with Crippen LogP contribution in [0.3, 0.4) is 0 Å². The summed E-state index contributed by atoms with van der Waals surface area (Å²) in [6.45, 7) is 18.0. The molecule has 0 fully saturated rings. The molecule has 0 unspecified atom stereocenters. The third-order valence-electron chi connectivity index (χ3n) is 3.84. The zero-order valence-electron chi connectivity index (χ0n) is 24.1. The fourth-order valence-corrected chi connectivity index (χ4v) is 2.31. The van der Waals surface area contributed by atoms with Crippen LogP contribution in [0.5, 0.6) is 0 Å². The number of para-hydroxylation sites is 2. The summed E-state index contributed by atoms with van der Waals surface area (Å²) in [5, 5.41) is 0. The molecule has 0 saturated carbocycles. The number of anilines is 2. The topological polar surface area (TPSA) is 52.0 Å². The van der Waals surface area contributed by atoms with Crippen molar-refractivity contribution in [1.29, 1.82) is 0 Å². The predicted molar refractivity (Wildman–Crippen MR) is 163 cm³/mol. The number of benzene rings is 4. The Kier molecular flexibility index (Phi) is 36.9. The molecule has 0 aliphatic heterocycles. The van der Waals surface area contributed by atoms with Crippen molar-refractivity contribution in [2.45, 2.75) is 62.3 Å². The summed E-state index contributed by atoms with van der Waals surface area (Å²) < 4.78 is 0. The number of nitrogen functional groups attached to an aromatic ring is 2. The van der Waals surface area contributed by atoms with Gasteiger partial charge in [-0.15, -0.1) is 0 Å². The summed E-state index contributed by atoms with van der Waals surface area (Å²) >= 11 is 0. The number of aryl methyl sites for hydroxylation is 1. The predicted octanol–water partition coefficient (Wildman–Crippen LogP) is 10.1. The van der Waals surface area contributed by atoms with Crippen LogP contribution in [-0.4, -0.2) is 0 Å². The van der Waals surface area contributed by atoms with Crippen molar-refractivity contribution in [2.75, 3.05) is 11.5 Å². The van der Waals surface area contributed by atoms with Gasteiger partial charge in [-0.1, -0.05) is 122 Å². The Hall–Kier alpha value is -2.42. The molecule has 0 saturated heterocycles. The first-order valence-electron chi connectivity index (χ1n) is 12.8. The summed E-state index contributed by atoms with van der Waals surface area (Å²) in [6.07, 6.45) is 0. The molecular formula is C33H49N2Y-. The summed E-state index contributed by atoms with van der Waals surface area (Å²) in [4.78, 5) is 0. The first-order valence-corrected chi connectivity index (χ1v) is 12.8. The van der Waals surface area contributed by atoms with Gasteiger partial charge >= 0.3 is 0 Å². The maximum absolute atomic E-state index is 5.85. The molecule has 2 nitrogen and oxygen atoms in total. The molecule has 4 rings (SSSR count). The molecule has 195 valence electrons. The fourth-order valence-electron chi connectivity index (χ4n) is 2.31. The van der Waals surface area contributed by atoms with Gasteiger partial charge in [0, 0.05) is 49.6 Å². The smallest absolute Gasteiger partial charge is 0.0393 e. The Morgan fingerprint density at radius 2 is 0.861 bits per heavy atom. The first kappa shape index (κ1) is 40.7. The van der Waals surface area contributed by atoms with Crippen molar-refractivity contribution in [3.8, 4) is 11.1 Å². The van der Waals surface area contributed by atoms with E-state index in [1.54, 1.807) is 0 Å². The van der Waals surface area contributed by atoms with Crippen molar-refractivity contribution < 1.29 is 32.7 Å². The first-order chi connectivity index (χ1) is 17.2. The molecule has 0 amide bonds. The zero-order valence-corrected chi connectivity index (χ0v) is 27.0. The van der Waals surface area contributed by atoms with Crippen LogP contribution in [0, 0.1) is 13.0 Å². The number of hydrogen-bond donors (Lipinski definition) is 2. The van der Waals surface area contributed by atoms with Crippen LogP contribution < -0.4 is 11.5 Å². The summed E-state index contributed by atoms with van der Waals surface area (Å²) in [7, 11) is 0. The molecule has 4 N–H and O–H groups in total. The van der Waals surface area contributed by atoms with E-state index in [9.17, 15) is 0 Å². The van der Waals surface area contributed by atoms with Crippen molar-refractivity contribution in [3.63, 3.8) is 0 Å². The molecule has 0 aliphatic carbocycles. The maximum atomic E-state index is 5.85. The quantitative estimate of drug-likeness (QED) is 0.179. The van der Waals surface area contributed by atoms with E-state index in [1.165, 1.54) is 5.56 Å².